The number of carbonyl (C=O) groups is 2. The lowest BCUT2D eigenvalue weighted by Crippen LogP contribution is -2.48. The largest absolute Gasteiger partial charge is 0.354 e. The van der Waals surface area contributed by atoms with E-state index in [0.29, 0.717) is 25.1 Å². The lowest BCUT2D eigenvalue weighted by Gasteiger charge is -2.30. The molecule has 138 valence electrons. The van der Waals surface area contributed by atoms with E-state index >= 15 is 0 Å². The van der Waals surface area contributed by atoms with Gasteiger partial charge in [-0.1, -0.05) is 30.3 Å². The van der Waals surface area contributed by atoms with Gasteiger partial charge in [0.05, 0.1) is 0 Å². The number of thiophene rings is 1. The Labute approximate surface area is 162 Å². The van der Waals surface area contributed by atoms with E-state index in [2.05, 4.69) is 5.32 Å². The molecule has 1 N–H and O–H groups in total. The number of rotatable bonds is 4. The standard InChI is InChI=1S/C22H22N2O2S/c25-21-20(7-3-4-11-23-21)24(14-16-10-12-27-15-16)22(26)19-9-8-17-5-1-2-6-18(17)13-19/h1-2,5-6,8-10,12-13,15,20H,3-4,7,11,14H2,(H,23,25). The van der Waals surface area contributed by atoms with Gasteiger partial charge in [0.25, 0.3) is 5.91 Å². The summed E-state index contributed by atoms with van der Waals surface area (Å²) in [7, 11) is 0. The van der Waals surface area contributed by atoms with Crippen LogP contribution in [-0.2, 0) is 11.3 Å². The summed E-state index contributed by atoms with van der Waals surface area (Å²) in [6.45, 7) is 1.14. The molecule has 2 amide bonds. The number of benzene rings is 2. The molecule has 0 aliphatic carbocycles. The summed E-state index contributed by atoms with van der Waals surface area (Å²) in [5, 5.41) is 9.13. The predicted octanol–water partition coefficient (Wildman–Crippen LogP) is 4.21. The van der Waals surface area contributed by atoms with Crippen molar-refractivity contribution in [1.29, 1.82) is 0 Å². The van der Waals surface area contributed by atoms with Crippen LogP contribution in [0.4, 0.5) is 0 Å². The Hall–Kier alpha value is -2.66. The maximum atomic E-state index is 13.4. The van der Waals surface area contributed by atoms with Gasteiger partial charge in [-0.25, -0.2) is 0 Å². The van der Waals surface area contributed by atoms with Gasteiger partial charge in [-0.3, -0.25) is 9.59 Å². The second-order valence-electron chi connectivity index (χ2n) is 6.93. The van der Waals surface area contributed by atoms with Crippen molar-refractivity contribution in [3.63, 3.8) is 0 Å². The summed E-state index contributed by atoms with van der Waals surface area (Å²) in [6.07, 6.45) is 2.60. The smallest absolute Gasteiger partial charge is 0.254 e. The van der Waals surface area contributed by atoms with E-state index in [1.54, 1.807) is 16.2 Å². The Kier molecular flexibility index (Phi) is 5.21. The number of hydrogen-bond acceptors (Lipinski definition) is 3. The van der Waals surface area contributed by atoms with Crippen molar-refractivity contribution in [2.45, 2.75) is 31.8 Å². The Bertz CT molecular complexity index is 952. The number of nitrogens with one attached hydrogen (secondary N) is 1. The van der Waals surface area contributed by atoms with Crippen molar-refractivity contribution in [2.75, 3.05) is 6.54 Å². The van der Waals surface area contributed by atoms with Crippen LogP contribution in [0.3, 0.4) is 0 Å². The third-order valence-electron chi connectivity index (χ3n) is 5.07. The van der Waals surface area contributed by atoms with E-state index in [0.717, 1.165) is 29.2 Å². The molecule has 1 aliphatic rings. The molecular formula is C22H22N2O2S. The van der Waals surface area contributed by atoms with E-state index < -0.39 is 6.04 Å². The minimum atomic E-state index is -0.425. The van der Waals surface area contributed by atoms with Gasteiger partial charge in [0.1, 0.15) is 6.04 Å². The molecule has 1 unspecified atom stereocenters. The van der Waals surface area contributed by atoms with Crippen LogP contribution in [0.15, 0.2) is 59.3 Å². The Morgan fingerprint density at radius 2 is 1.96 bits per heavy atom. The van der Waals surface area contributed by atoms with Crippen molar-refractivity contribution in [3.8, 4) is 0 Å². The van der Waals surface area contributed by atoms with Crippen LogP contribution in [-0.4, -0.2) is 29.3 Å². The summed E-state index contributed by atoms with van der Waals surface area (Å²) < 4.78 is 0. The van der Waals surface area contributed by atoms with E-state index in [-0.39, 0.29) is 11.8 Å². The summed E-state index contributed by atoms with van der Waals surface area (Å²) in [4.78, 5) is 27.8. The highest BCUT2D eigenvalue weighted by atomic mass is 32.1. The van der Waals surface area contributed by atoms with Gasteiger partial charge in [0.2, 0.25) is 5.91 Å². The molecule has 1 aromatic heterocycles. The Morgan fingerprint density at radius 3 is 2.78 bits per heavy atom. The molecule has 5 heteroatoms. The number of carbonyl (C=O) groups excluding carboxylic acids is 2. The second kappa shape index (κ2) is 7.92. The van der Waals surface area contributed by atoms with Gasteiger partial charge in [-0.15, -0.1) is 0 Å². The molecule has 4 rings (SSSR count). The first-order valence-electron chi connectivity index (χ1n) is 9.31. The average Bonchev–Trinajstić information content (AvgIpc) is 3.12. The molecule has 2 heterocycles. The lowest BCUT2D eigenvalue weighted by molar-refractivity contribution is -0.125. The SMILES string of the molecule is O=C1NCCCCC1N(Cc1ccsc1)C(=O)c1ccc2ccccc2c1. The van der Waals surface area contributed by atoms with Crippen LogP contribution in [0.2, 0.25) is 0 Å². The first-order chi connectivity index (χ1) is 13.2. The zero-order valence-electron chi connectivity index (χ0n) is 15.1. The fourth-order valence-electron chi connectivity index (χ4n) is 3.61. The van der Waals surface area contributed by atoms with Crippen molar-refractivity contribution < 1.29 is 9.59 Å². The van der Waals surface area contributed by atoms with Crippen molar-refractivity contribution in [1.82, 2.24) is 10.2 Å². The molecule has 27 heavy (non-hydrogen) atoms. The van der Waals surface area contributed by atoms with Crippen molar-refractivity contribution in [3.05, 3.63) is 70.4 Å². The molecule has 2 aromatic carbocycles. The zero-order valence-corrected chi connectivity index (χ0v) is 15.9. The fourth-order valence-corrected chi connectivity index (χ4v) is 4.27. The first-order valence-corrected chi connectivity index (χ1v) is 10.3. The van der Waals surface area contributed by atoms with Crippen molar-refractivity contribution >= 4 is 33.9 Å². The maximum absolute atomic E-state index is 13.4. The number of fused-ring (bicyclic) bond motifs is 1. The van der Waals surface area contributed by atoms with Gasteiger partial charge in [0.15, 0.2) is 0 Å². The van der Waals surface area contributed by atoms with Crippen LogP contribution < -0.4 is 5.32 Å². The molecule has 0 saturated carbocycles. The average molecular weight is 378 g/mol. The first kappa shape index (κ1) is 17.7. The van der Waals surface area contributed by atoms with Gasteiger partial charge in [-0.05, 0) is 64.6 Å². The van der Waals surface area contributed by atoms with Crippen LogP contribution in [0.25, 0.3) is 10.8 Å². The Balaban J connectivity index is 1.69. The quantitative estimate of drug-likeness (QED) is 0.739. The highest BCUT2D eigenvalue weighted by molar-refractivity contribution is 7.07. The topological polar surface area (TPSA) is 49.4 Å². The molecule has 0 bridgehead atoms. The van der Waals surface area contributed by atoms with E-state index in [1.165, 1.54) is 0 Å². The monoisotopic (exact) mass is 378 g/mol. The predicted molar refractivity (Wildman–Crippen MR) is 109 cm³/mol. The lowest BCUT2D eigenvalue weighted by atomic mass is 10.0. The Morgan fingerprint density at radius 1 is 1.11 bits per heavy atom. The third kappa shape index (κ3) is 3.88. The maximum Gasteiger partial charge on any atom is 0.254 e. The minimum absolute atomic E-state index is 0.0446. The normalized spacial score (nSPS) is 17.3. The van der Waals surface area contributed by atoms with Crippen LogP contribution >= 0.6 is 11.3 Å². The zero-order chi connectivity index (χ0) is 18.6. The van der Waals surface area contributed by atoms with Crippen LogP contribution in [0.5, 0.6) is 0 Å². The van der Waals surface area contributed by atoms with Crippen molar-refractivity contribution in [2.24, 2.45) is 0 Å². The molecule has 0 radical (unpaired) electrons. The molecule has 1 aliphatic heterocycles. The highest BCUT2D eigenvalue weighted by Crippen LogP contribution is 2.22. The summed E-state index contributed by atoms with van der Waals surface area (Å²) in [5.74, 6) is -0.133. The number of hydrogen-bond donors (Lipinski definition) is 1. The van der Waals surface area contributed by atoms with Gasteiger partial charge < -0.3 is 10.2 Å². The van der Waals surface area contributed by atoms with Gasteiger partial charge >= 0.3 is 0 Å². The van der Waals surface area contributed by atoms with E-state index in [9.17, 15) is 9.59 Å². The second-order valence-corrected chi connectivity index (χ2v) is 7.71. The third-order valence-corrected chi connectivity index (χ3v) is 5.80. The molecule has 1 fully saturated rings. The number of amides is 2. The molecular weight excluding hydrogens is 356 g/mol. The number of nitrogens with zero attached hydrogens (tertiary/aromatic N) is 1. The molecule has 4 nitrogen and oxygen atoms in total. The van der Waals surface area contributed by atoms with Gasteiger partial charge in [0, 0.05) is 18.7 Å². The fraction of sp³-hybridized carbons (Fsp3) is 0.273. The van der Waals surface area contributed by atoms with Crippen LogP contribution in [0.1, 0.15) is 35.2 Å². The molecule has 3 aromatic rings. The summed E-state index contributed by atoms with van der Waals surface area (Å²) in [5.41, 5.74) is 1.69. The minimum Gasteiger partial charge on any atom is -0.354 e. The van der Waals surface area contributed by atoms with Gasteiger partial charge in [-0.2, -0.15) is 11.3 Å². The van der Waals surface area contributed by atoms with Crippen LogP contribution in [0, 0.1) is 0 Å². The molecule has 0 spiro atoms. The summed E-state index contributed by atoms with van der Waals surface area (Å²) >= 11 is 1.60. The molecule has 1 saturated heterocycles. The highest BCUT2D eigenvalue weighted by Gasteiger charge is 2.31. The van der Waals surface area contributed by atoms with E-state index in [1.807, 2.05) is 59.3 Å². The summed E-state index contributed by atoms with van der Waals surface area (Å²) in [6, 6.07) is 15.3. The van der Waals surface area contributed by atoms with E-state index in [4.69, 9.17) is 0 Å². The molecule has 1 atom stereocenters.